The fourth-order valence-corrected chi connectivity index (χ4v) is 2.70. The molecule has 0 fully saturated rings. The first-order valence-electron chi connectivity index (χ1n) is 8.81. The average Bonchev–Trinajstić information content (AvgIpc) is 2.45. The molecular formula is C18H34O3. The molecule has 124 valence electrons. The van der Waals surface area contributed by atoms with E-state index in [2.05, 4.69) is 13.8 Å². The second-order valence-electron chi connectivity index (χ2n) is 6.25. The van der Waals surface area contributed by atoms with Gasteiger partial charge in [0.1, 0.15) is 11.7 Å². The third kappa shape index (κ3) is 9.65. The van der Waals surface area contributed by atoms with E-state index in [9.17, 15) is 14.7 Å². The van der Waals surface area contributed by atoms with Crippen molar-refractivity contribution in [1.29, 1.82) is 0 Å². The van der Waals surface area contributed by atoms with E-state index in [4.69, 9.17) is 0 Å². The van der Waals surface area contributed by atoms with Gasteiger partial charge in [-0.05, 0) is 12.8 Å². The van der Waals surface area contributed by atoms with E-state index >= 15 is 0 Å². The molecule has 2 atom stereocenters. The summed E-state index contributed by atoms with van der Waals surface area (Å²) in [6.45, 7) is 6.19. The van der Waals surface area contributed by atoms with Crippen LogP contribution in [0.3, 0.4) is 0 Å². The Labute approximate surface area is 130 Å². The number of carboxylic acids is 1. The number of carbonyl (C=O) groups excluding carboxylic acids is 1. The summed E-state index contributed by atoms with van der Waals surface area (Å²) in [5.41, 5.74) is 0. The van der Waals surface area contributed by atoms with Gasteiger partial charge in [-0.3, -0.25) is 9.59 Å². The van der Waals surface area contributed by atoms with Gasteiger partial charge in [0.2, 0.25) is 0 Å². The molecule has 0 aliphatic carbocycles. The lowest BCUT2D eigenvalue weighted by Crippen LogP contribution is -2.28. The predicted molar refractivity (Wildman–Crippen MR) is 87.4 cm³/mol. The average molecular weight is 298 g/mol. The second-order valence-corrected chi connectivity index (χ2v) is 6.25. The van der Waals surface area contributed by atoms with Crippen LogP contribution in [0.2, 0.25) is 0 Å². The lowest BCUT2D eigenvalue weighted by Gasteiger charge is -2.16. The molecule has 0 saturated heterocycles. The standard InChI is InChI=1S/C18H34O3/c1-4-6-8-9-10-12-14-16(18(20)21)17(19)15(3)13-11-7-5-2/h15-16H,4-14H2,1-3H3,(H,20,21). The Morgan fingerprint density at radius 2 is 1.29 bits per heavy atom. The van der Waals surface area contributed by atoms with Crippen molar-refractivity contribution in [3.05, 3.63) is 0 Å². The molecule has 0 heterocycles. The van der Waals surface area contributed by atoms with Crippen molar-refractivity contribution in [3.8, 4) is 0 Å². The van der Waals surface area contributed by atoms with Crippen LogP contribution in [0.1, 0.15) is 91.4 Å². The first-order valence-corrected chi connectivity index (χ1v) is 8.81. The van der Waals surface area contributed by atoms with Gasteiger partial charge in [-0.1, -0.05) is 78.6 Å². The summed E-state index contributed by atoms with van der Waals surface area (Å²) in [6.07, 6.45) is 11.3. The highest BCUT2D eigenvalue weighted by Crippen LogP contribution is 2.20. The fourth-order valence-electron chi connectivity index (χ4n) is 2.70. The zero-order valence-electron chi connectivity index (χ0n) is 14.2. The van der Waals surface area contributed by atoms with Gasteiger partial charge in [0.25, 0.3) is 0 Å². The smallest absolute Gasteiger partial charge is 0.314 e. The largest absolute Gasteiger partial charge is 0.481 e. The maximum absolute atomic E-state index is 12.3. The highest BCUT2D eigenvalue weighted by Gasteiger charge is 2.29. The van der Waals surface area contributed by atoms with Crippen LogP contribution in [-0.2, 0) is 9.59 Å². The highest BCUT2D eigenvalue weighted by molar-refractivity contribution is 5.99. The van der Waals surface area contributed by atoms with Crippen molar-refractivity contribution in [3.63, 3.8) is 0 Å². The maximum Gasteiger partial charge on any atom is 0.314 e. The maximum atomic E-state index is 12.3. The Balaban J connectivity index is 4.09. The normalized spacial score (nSPS) is 13.9. The van der Waals surface area contributed by atoms with E-state index in [1.165, 1.54) is 19.3 Å². The summed E-state index contributed by atoms with van der Waals surface area (Å²) in [7, 11) is 0. The van der Waals surface area contributed by atoms with Crippen molar-refractivity contribution in [2.24, 2.45) is 11.8 Å². The molecule has 0 aromatic carbocycles. The van der Waals surface area contributed by atoms with E-state index < -0.39 is 11.9 Å². The summed E-state index contributed by atoms with van der Waals surface area (Å²) in [4.78, 5) is 23.6. The molecule has 0 amide bonds. The molecule has 1 N–H and O–H groups in total. The molecule has 0 aromatic rings. The molecule has 0 aliphatic heterocycles. The lowest BCUT2D eigenvalue weighted by molar-refractivity contribution is -0.147. The molecule has 0 bridgehead atoms. The molecule has 3 nitrogen and oxygen atoms in total. The van der Waals surface area contributed by atoms with Crippen molar-refractivity contribution in [2.45, 2.75) is 91.4 Å². The van der Waals surface area contributed by atoms with Crippen molar-refractivity contribution < 1.29 is 14.7 Å². The molecule has 0 rings (SSSR count). The van der Waals surface area contributed by atoms with Crippen molar-refractivity contribution >= 4 is 11.8 Å². The third-order valence-corrected chi connectivity index (χ3v) is 4.21. The molecular weight excluding hydrogens is 264 g/mol. The minimum absolute atomic E-state index is 0.0628. The molecule has 0 spiro atoms. The molecule has 21 heavy (non-hydrogen) atoms. The lowest BCUT2D eigenvalue weighted by atomic mass is 9.87. The van der Waals surface area contributed by atoms with Crippen molar-refractivity contribution in [2.75, 3.05) is 0 Å². The zero-order chi connectivity index (χ0) is 16.1. The number of carboxylic acid groups (broad SMARTS) is 1. The number of rotatable bonds is 14. The Kier molecular flexibility index (Phi) is 12.3. The Morgan fingerprint density at radius 3 is 1.86 bits per heavy atom. The van der Waals surface area contributed by atoms with Gasteiger partial charge in [0.05, 0.1) is 0 Å². The van der Waals surface area contributed by atoms with E-state index in [-0.39, 0.29) is 11.7 Å². The predicted octanol–water partition coefficient (Wildman–Crippen LogP) is 5.22. The van der Waals surface area contributed by atoms with Crippen LogP contribution in [0.15, 0.2) is 0 Å². The number of ketones is 1. The number of unbranched alkanes of at least 4 members (excludes halogenated alkanes) is 7. The minimum Gasteiger partial charge on any atom is -0.481 e. The quantitative estimate of drug-likeness (QED) is 0.353. The molecule has 0 aliphatic rings. The number of hydrogen-bond donors (Lipinski definition) is 1. The third-order valence-electron chi connectivity index (χ3n) is 4.21. The van der Waals surface area contributed by atoms with Gasteiger partial charge in [-0.2, -0.15) is 0 Å². The van der Waals surface area contributed by atoms with Gasteiger partial charge in [0, 0.05) is 5.92 Å². The van der Waals surface area contributed by atoms with E-state index in [1.807, 2.05) is 6.92 Å². The first-order chi connectivity index (χ1) is 10.0. The number of carbonyl (C=O) groups is 2. The summed E-state index contributed by atoms with van der Waals surface area (Å²) in [6, 6.07) is 0. The van der Waals surface area contributed by atoms with Gasteiger partial charge in [-0.25, -0.2) is 0 Å². The van der Waals surface area contributed by atoms with Gasteiger partial charge >= 0.3 is 5.97 Å². The minimum atomic E-state index is -0.934. The Bertz CT molecular complexity index is 286. The van der Waals surface area contributed by atoms with E-state index in [1.54, 1.807) is 0 Å². The van der Waals surface area contributed by atoms with Crippen LogP contribution in [0.4, 0.5) is 0 Å². The van der Waals surface area contributed by atoms with Crippen LogP contribution < -0.4 is 0 Å². The van der Waals surface area contributed by atoms with Crippen molar-refractivity contribution in [1.82, 2.24) is 0 Å². The van der Waals surface area contributed by atoms with E-state index in [0.29, 0.717) is 6.42 Å². The Morgan fingerprint density at radius 1 is 0.810 bits per heavy atom. The SMILES string of the molecule is CCCCCCCCC(C(=O)O)C(=O)C(C)CCCCC. The molecule has 0 saturated carbocycles. The zero-order valence-corrected chi connectivity index (χ0v) is 14.2. The molecule has 0 aromatic heterocycles. The molecule has 2 unspecified atom stereocenters. The number of aliphatic carboxylic acids is 1. The van der Waals surface area contributed by atoms with Crippen LogP contribution in [0.25, 0.3) is 0 Å². The summed E-state index contributed by atoms with van der Waals surface area (Å²) < 4.78 is 0. The Hall–Kier alpha value is -0.860. The molecule has 0 radical (unpaired) electrons. The van der Waals surface area contributed by atoms with Gasteiger partial charge < -0.3 is 5.11 Å². The summed E-state index contributed by atoms with van der Waals surface area (Å²) >= 11 is 0. The van der Waals surface area contributed by atoms with Crippen LogP contribution in [0.5, 0.6) is 0 Å². The number of hydrogen-bond acceptors (Lipinski definition) is 2. The summed E-state index contributed by atoms with van der Waals surface area (Å²) in [5.74, 6) is -1.89. The molecule has 3 heteroatoms. The monoisotopic (exact) mass is 298 g/mol. The number of Topliss-reactive ketones (excluding diaryl/α,β-unsaturated/α-hetero) is 1. The fraction of sp³-hybridized carbons (Fsp3) is 0.889. The van der Waals surface area contributed by atoms with Crippen LogP contribution in [0, 0.1) is 11.8 Å². The van der Waals surface area contributed by atoms with Gasteiger partial charge in [-0.15, -0.1) is 0 Å². The topological polar surface area (TPSA) is 54.4 Å². The first kappa shape index (κ1) is 20.1. The summed E-state index contributed by atoms with van der Waals surface area (Å²) in [5, 5.41) is 9.28. The highest BCUT2D eigenvalue weighted by atomic mass is 16.4. The van der Waals surface area contributed by atoms with Gasteiger partial charge in [0.15, 0.2) is 0 Å². The van der Waals surface area contributed by atoms with Crippen LogP contribution in [-0.4, -0.2) is 16.9 Å². The van der Waals surface area contributed by atoms with Crippen LogP contribution >= 0.6 is 0 Å². The van der Waals surface area contributed by atoms with E-state index in [0.717, 1.165) is 44.9 Å². The second kappa shape index (κ2) is 12.8.